The summed E-state index contributed by atoms with van der Waals surface area (Å²) >= 11 is 1.92. The lowest BCUT2D eigenvalue weighted by atomic mass is 10.1. The van der Waals surface area contributed by atoms with E-state index in [0.29, 0.717) is 11.8 Å². The summed E-state index contributed by atoms with van der Waals surface area (Å²) in [5.74, 6) is 4.40. The second kappa shape index (κ2) is 3.90. The van der Waals surface area contributed by atoms with Crippen LogP contribution in [0.4, 0.5) is 0 Å². The third-order valence-corrected chi connectivity index (χ3v) is 3.92. The van der Waals surface area contributed by atoms with E-state index in [1.807, 2.05) is 25.6 Å². The monoisotopic (exact) mass is 213 g/mol. The van der Waals surface area contributed by atoms with Gasteiger partial charge in [-0.1, -0.05) is 12.1 Å². The van der Waals surface area contributed by atoms with Crippen LogP contribution in [-0.4, -0.2) is 27.7 Å². The first kappa shape index (κ1) is 9.98. The molecule has 1 saturated heterocycles. The van der Waals surface area contributed by atoms with Crippen LogP contribution in [0.25, 0.3) is 0 Å². The highest BCUT2D eigenvalue weighted by molar-refractivity contribution is 8.00. The molecule has 0 spiro atoms. The molecule has 0 radical (unpaired) electrons. The molecule has 14 heavy (non-hydrogen) atoms. The van der Waals surface area contributed by atoms with E-state index in [0.717, 1.165) is 17.3 Å². The molecule has 0 amide bonds. The molecule has 2 heterocycles. The molecule has 2 unspecified atom stereocenters. The molecule has 1 aromatic heterocycles. The average Bonchev–Trinajstić information content (AvgIpc) is 2.48. The van der Waals surface area contributed by atoms with Gasteiger partial charge < -0.3 is 10.3 Å². The van der Waals surface area contributed by atoms with Crippen LogP contribution in [-0.2, 0) is 0 Å². The molecule has 1 aromatic rings. The number of thioether (sulfide) groups is 1. The summed E-state index contributed by atoms with van der Waals surface area (Å²) in [6.07, 6.45) is 0. The highest BCUT2D eigenvalue weighted by Gasteiger charge is 2.27. The normalized spacial score (nSPS) is 21.6. The molecule has 4 nitrogen and oxygen atoms in total. The van der Waals surface area contributed by atoms with Gasteiger partial charge in [0.05, 0.1) is 5.92 Å². The number of nitrogens with two attached hydrogens (primary N) is 1. The van der Waals surface area contributed by atoms with Crippen LogP contribution in [0.2, 0.25) is 0 Å². The lowest BCUT2D eigenvalue weighted by Gasteiger charge is -2.20. The van der Waals surface area contributed by atoms with Gasteiger partial charge in [-0.15, -0.1) is 0 Å². The van der Waals surface area contributed by atoms with Crippen LogP contribution in [0.5, 0.6) is 0 Å². The van der Waals surface area contributed by atoms with Gasteiger partial charge in [-0.2, -0.15) is 16.7 Å². The molecule has 5 heteroatoms. The van der Waals surface area contributed by atoms with Gasteiger partial charge in [0.1, 0.15) is 0 Å². The van der Waals surface area contributed by atoms with Crippen molar-refractivity contribution < 1.29 is 4.52 Å². The fourth-order valence-electron chi connectivity index (χ4n) is 1.21. The Morgan fingerprint density at radius 1 is 1.50 bits per heavy atom. The highest BCUT2D eigenvalue weighted by atomic mass is 32.2. The Kier molecular flexibility index (Phi) is 2.78. The van der Waals surface area contributed by atoms with Gasteiger partial charge in [-0.3, -0.25) is 0 Å². The van der Waals surface area contributed by atoms with Crippen molar-refractivity contribution in [2.24, 2.45) is 5.73 Å². The number of hydrogen-bond acceptors (Lipinski definition) is 5. The molecule has 2 rings (SSSR count). The summed E-state index contributed by atoms with van der Waals surface area (Å²) in [5, 5.41) is 3.99. The lowest BCUT2D eigenvalue weighted by Crippen LogP contribution is -2.23. The molecule has 2 N–H and O–H groups in total. The Morgan fingerprint density at radius 2 is 2.21 bits per heavy atom. The summed E-state index contributed by atoms with van der Waals surface area (Å²) < 4.78 is 5.19. The minimum absolute atomic E-state index is 0.0547. The van der Waals surface area contributed by atoms with Gasteiger partial charge in [0, 0.05) is 23.5 Å². The molecule has 78 valence electrons. The maximum Gasteiger partial charge on any atom is 0.231 e. The Bertz CT molecular complexity index is 309. The predicted octanol–water partition coefficient (Wildman–Crippen LogP) is 1.35. The van der Waals surface area contributed by atoms with Crippen molar-refractivity contribution in [3.8, 4) is 0 Å². The number of hydrogen-bond donors (Lipinski definition) is 1. The topological polar surface area (TPSA) is 64.9 Å². The maximum absolute atomic E-state index is 5.77. The first-order valence-electron chi connectivity index (χ1n) is 4.85. The van der Waals surface area contributed by atoms with Crippen molar-refractivity contribution in [2.75, 3.05) is 11.5 Å². The molecule has 1 aliphatic heterocycles. The predicted molar refractivity (Wildman–Crippen MR) is 56.4 cm³/mol. The first-order valence-corrected chi connectivity index (χ1v) is 6.00. The third-order valence-electron chi connectivity index (χ3n) is 2.64. The minimum Gasteiger partial charge on any atom is -0.339 e. The van der Waals surface area contributed by atoms with E-state index < -0.39 is 0 Å². The molecule has 0 saturated carbocycles. The van der Waals surface area contributed by atoms with E-state index in [1.54, 1.807) is 0 Å². The molecular weight excluding hydrogens is 198 g/mol. The van der Waals surface area contributed by atoms with Gasteiger partial charge in [-0.25, -0.2) is 0 Å². The zero-order valence-corrected chi connectivity index (χ0v) is 9.25. The van der Waals surface area contributed by atoms with Crippen molar-refractivity contribution in [1.29, 1.82) is 0 Å². The third kappa shape index (κ3) is 1.79. The van der Waals surface area contributed by atoms with Crippen molar-refractivity contribution in [3.63, 3.8) is 0 Å². The number of aromatic nitrogens is 2. The molecule has 0 aliphatic carbocycles. The molecule has 0 bridgehead atoms. The van der Waals surface area contributed by atoms with E-state index in [4.69, 9.17) is 10.3 Å². The van der Waals surface area contributed by atoms with Gasteiger partial charge >= 0.3 is 0 Å². The Morgan fingerprint density at radius 3 is 2.71 bits per heavy atom. The van der Waals surface area contributed by atoms with Crippen molar-refractivity contribution in [1.82, 2.24) is 10.1 Å². The number of rotatable bonds is 3. The van der Waals surface area contributed by atoms with Gasteiger partial charge in [0.2, 0.25) is 5.89 Å². The second-order valence-electron chi connectivity index (χ2n) is 3.87. The van der Waals surface area contributed by atoms with E-state index in [1.165, 1.54) is 0 Å². The van der Waals surface area contributed by atoms with E-state index >= 15 is 0 Å². The van der Waals surface area contributed by atoms with E-state index in [-0.39, 0.29) is 12.0 Å². The smallest absolute Gasteiger partial charge is 0.231 e. The molecular formula is C9H15N3OS. The fraction of sp³-hybridized carbons (Fsp3) is 0.778. The number of nitrogens with zero attached hydrogens (tertiary/aromatic N) is 2. The van der Waals surface area contributed by atoms with Crippen molar-refractivity contribution in [2.45, 2.75) is 31.7 Å². The van der Waals surface area contributed by atoms with E-state index in [2.05, 4.69) is 10.1 Å². The second-order valence-corrected chi connectivity index (χ2v) is 4.95. The average molecular weight is 213 g/mol. The standard InChI is InChI=1S/C9H15N3OS/c1-5(6(2)10)9-11-8(12-13-9)7-3-14-4-7/h5-7H,3-4,10H2,1-2H3. The van der Waals surface area contributed by atoms with Gasteiger partial charge in [0.15, 0.2) is 5.82 Å². The van der Waals surface area contributed by atoms with Crippen LogP contribution in [0, 0.1) is 0 Å². The molecule has 2 atom stereocenters. The zero-order chi connectivity index (χ0) is 10.1. The largest absolute Gasteiger partial charge is 0.339 e. The summed E-state index contributed by atoms with van der Waals surface area (Å²) in [6.45, 7) is 3.96. The lowest BCUT2D eigenvalue weighted by molar-refractivity contribution is 0.342. The fourth-order valence-corrected chi connectivity index (χ4v) is 1.98. The van der Waals surface area contributed by atoms with Crippen LogP contribution in [0.1, 0.15) is 37.4 Å². The van der Waals surface area contributed by atoms with Gasteiger partial charge in [0.25, 0.3) is 0 Å². The summed E-state index contributed by atoms with van der Waals surface area (Å²) in [6, 6.07) is 0.0547. The highest BCUT2D eigenvalue weighted by Crippen LogP contribution is 2.32. The van der Waals surface area contributed by atoms with Crippen molar-refractivity contribution >= 4 is 11.8 Å². The quantitative estimate of drug-likeness (QED) is 0.821. The van der Waals surface area contributed by atoms with Crippen LogP contribution >= 0.6 is 11.8 Å². The van der Waals surface area contributed by atoms with E-state index in [9.17, 15) is 0 Å². The molecule has 0 aromatic carbocycles. The maximum atomic E-state index is 5.77. The summed E-state index contributed by atoms with van der Waals surface area (Å²) in [7, 11) is 0. The minimum atomic E-state index is 0.0547. The van der Waals surface area contributed by atoms with Crippen molar-refractivity contribution in [3.05, 3.63) is 11.7 Å². The van der Waals surface area contributed by atoms with Crippen LogP contribution in [0.3, 0.4) is 0 Å². The van der Waals surface area contributed by atoms with Gasteiger partial charge in [-0.05, 0) is 6.92 Å². The summed E-state index contributed by atoms with van der Waals surface area (Å²) in [5.41, 5.74) is 5.77. The van der Waals surface area contributed by atoms with Crippen LogP contribution in [0.15, 0.2) is 4.52 Å². The first-order chi connectivity index (χ1) is 6.68. The Labute approximate surface area is 87.6 Å². The zero-order valence-electron chi connectivity index (χ0n) is 8.43. The SMILES string of the molecule is CC(N)C(C)c1nc(C2CSC2)no1. The summed E-state index contributed by atoms with van der Waals surface area (Å²) in [4.78, 5) is 4.38. The molecule has 1 aliphatic rings. The molecule has 1 fully saturated rings. The van der Waals surface area contributed by atoms with Crippen LogP contribution < -0.4 is 5.73 Å². The Hall–Kier alpha value is -0.550. The Balaban J connectivity index is 2.08.